The van der Waals surface area contributed by atoms with Crippen LogP contribution < -0.4 is 11.3 Å². The lowest BCUT2D eigenvalue weighted by Crippen LogP contribution is -2.25. The number of rotatable bonds is 2. The first kappa shape index (κ1) is 13.6. The fourth-order valence-corrected chi connectivity index (χ4v) is 2.62. The Hall–Kier alpha value is -2.33. The van der Waals surface area contributed by atoms with E-state index >= 15 is 0 Å². The average molecular weight is 300 g/mol. The van der Waals surface area contributed by atoms with E-state index in [4.69, 9.17) is 17.3 Å². The van der Waals surface area contributed by atoms with E-state index in [9.17, 15) is 4.79 Å². The van der Waals surface area contributed by atoms with Gasteiger partial charge < -0.3 is 10.3 Å². The van der Waals surface area contributed by atoms with Gasteiger partial charge in [0.05, 0.1) is 17.6 Å². The summed E-state index contributed by atoms with van der Waals surface area (Å²) in [6.45, 7) is 2.04. The van der Waals surface area contributed by atoms with Gasteiger partial charge in [0.2, 0.25) is 0 Å². The standard InChI is InChI=1S/C16H14ClN3O/c1-10-16(21)20(15-8-3-2-7-14(15)19-10)9-11-12(17)5-4-6-13(11)18/h2-8H,9,18H2,1H3. The highest BCUT2D eigenvalue weighted by Crippen LogP contribution is 2.23. The number of nitrogens with two attached hydrogens (primary N) is 1. The molecule has 1 aromatic heterocycles. The Morgan fingerprint density at radius 3 is 2.71 bits per heavy atom. The molecular weight excluding hydrogens is 286 g/mol. The van der Waals surface area contributed by atoms with E-state index in [1.807, 2.05) is 24.3 Å². The summed E-state index contributed by atoms with van der Waals surface area (Å²) in [7, 11) is 0. The number of nitrogen functional groups attached to an aromatic ring is 1. The van der Waals surface area contributed by atoms with E-state index in [-0.39, 0.29) is 5.56 Å². The number of nitrogens with zero attached hydrogens (tertiary/aromatic N) is 2. The van der Waals surface area contributed by atoms with Crippen LogP contribution in [0.25, 0.3) is 11.0 Å². The fourth-order valence-electron chi connectivity index (χ4n) is 2.38. The maximum absolute atomic E-state index is 12.4. The molecule has 1 heterocycles. The molecule has 106 valence electrons. The summed E-state index contributed by atoms with van der Waals surface area (Å²) in [5.41, 5.74) is 9.19. The van der Waals surface area contributed by atoms with Gasteiger partial charge in [-0.05, 0) is 31.2 Å². The molecule has 0 aliphatic carbocycles. The smallest absolute Gasteiger partial charge is 0.272 e. The Bertz CT molecular complexity index is 866. The molecule has 0 atom stereocenters. The van der Waals surface area contributed by atoms with E-state index in [0.717, 1.165) is 16.6 Å². The van der Waals surface area contributed by atoms with Crippen LogP contribution in [0.5, 0.6) is 0 Å². The van der Waals surface area contributed by atoms with Crippen molar-refractivity contribution in [1.29, 1.82) is 0 Å². The van der Waals surface area contributed by atoms with Gasteiger partial charge in [0.1, 0.15) is 5.69 Å². The zero-order valence-electron chi connectivity index (χ0n) is 11.5. The summed E-state index contributed by atoms with van der Waals surface area (Å²) in [5, 5.41) is 0.556. The second kappa shape index (κ2) is 5.22. The molecule has 0 bridgehead atoms. The van der Waals surface area contributed by atoms with Crippen LogP contribution >= 0.6 is 11.6 Å². The molecule has 2 aromatic carbocycles. The summed E-state index contributed by atoms with van der Waals surface area (Å²) in [5.74, 6) is 0. The third-order valence-corrected chi connectivity index (χ3v) is 3.84. The molecule has 3 rings (SSSR count). The Morgan fingerprint density at radius 1 is 1.19 bits per heavy atom. The molecule has 0 radical (unpaired) electrons. The lowest BCUT2D eigenvalue weighted by Gasteiger charge is -2.13. The highest BCUT2D eigenvalue weighted by Gasteiger charge is 2.11. The molecule has 4 nitrogen and oxygen atoms in total. The van der Waals surface area contributed by atoms with Gasteiger partial charge in [0, 0.05) is 16.3 Å². The van der Waals surface area contributed by atoms with Crippen LogP contribution in [0.3, 0.4) is 0 Å². The molecule has 0 saturated carbocycles. The van der Waals surface area contributed by atoms with Crippen molar-refractivity contribution in [2.24, 2.45) is 0 Å². The van der Waals surface area contributed by atoms with Gasteiger partial charge in [-0.2, -0.15) is 0 Å². The van der Waals surface area contributed by atoms with Gasteiger partial charge in [-0.25, -0.2) is 4.98 Å². The van der Waals surface area contributed by atoms with Crippen molar-refractivity contribution >= 4 is 28.3 Å². The molecule has 21 heavy (non-hydrogen) atoms. The first-order valence-corrected chi connectivity index (χ1v) is 6.95. The molecule has 0 fully saturated rings. The number of hydrogen-bond donors (Lipinski definition) is 1. The molecule has 0 amide bonds. The summed E-state index contributed by atoms with van der Waals surface area (Å²) in [6, 6.07) is 12.9. The number of para-hydroxylation sites is 2. The predicted molar refractivity (Wildman–Crippen MR) is 85.7 cm³/mol. The van der Waals surface area contributed by atoms with Crippen molar-refractivity contribution < 1.29 is 0 Å². The molecule has 0 aliphatic rings. The summed E-state index contributed by atoms with van der Waals surface area (Å²) < 4.78 is 1.66. The fraction of sp³-hybridized carbons (Fsp3) is 0.125. The number of benzene rings is 2. The first-order valence-electron chi connectivity index (χ1n) is 6.57. The van der Waals surface area contributed by atoms with Crippen LogP contribution in [0.1, 0.15) is 11.3 Å². The van der Waals surface area contributed by atoms with Crippen molar-refractivity contribution in [3.63, 3.8) is 0 Å². The maximum atomic E-state index is 12.4. The van der Waals surface area contributed by atoms with Gasteiger partial charge in [-0.3, -0.25) is 4.79 Å². The number of aryl methyl sites for hydroxylation is 1. The lowest BCUT2D eigenvalue weighted by molar-refractivity contribution is 0.778. The van der Waals surface area contributed by atoms with Gasteiger partial charge in [-0.15, -0.1) is 0 Å². The highest BCUT2D eigenvalue weighted by atomic mass is 35.5. The Labute approximate surface area is 126 Å². The van der Waals surface area contributed by atoms with E-state index in [2.05, 4.69) is 4.98 Å². The highest BCUT2D eigenvalue weighted by molar-refractivity contribution is 6.31. The van der Waals surface area contributed by atoms with E-state index < -0.39 is 0 Å². The SMILES string of the molecule is Cc1nc2ccccc2n(Cc2c(N)cccc2Cl)c1=O. The molecule has 2 N–H and O–H groups in total. The largest absolute Gasteiger partial charge is 0.398 e. The van der Waals surface area contributed by atoms with Crippen LogP contribution in [0.4, 0.5) is 5.69 Å². The van der Waals surface area contributed by atoms with Gasteiger partial charge >= 0.3 is 0 Å². The van der Waals surface area contributed by atoms with Crippen molar-refractivity contribution in [1.82, 2.24) is 9.55 Å². The zero-order chi connectivity index (χ0) is 15.0. The van der Waals surface area contributed by atoms with Crippen LogP contribution in [0, 0.1) is 6.92 Å². The van der Waals surface area contributed by atoms with E-state index in [1.165, 1.54) is 0 Å². The van der Waals surface area contributed by atoms with Crippen LogP contribution in [-0.4, -0.2) is 9.55 Å². The van der Waals surface area contributed by atoms with E-state index in [1.54, 1.807) is 29.7 Å². The minimum Gasteiger partial charge on any atom is -0.398 e. The molecule has 0 spiro atoms. The summed E-state index contributed by atoms with van der Waals surface area (Å²) in [4.78, 5) is 16.8. The number of aromatic nitrogens is 2. The van der Waals surface area contributed by atoms with Gasteiger partial charge in [0.25, 0.3) is 5.56 Å². The number of hydrogen-bond acceptors (Lipinski definition) is 3. The monoisotopic (exact) mass is 299 g/mol. The third kappa shape index (κ3) is 2.38. The first-order chi connectivity index (χ1) is 10.1. The second-order valence-electron chi connectivity index (χ2n) is 4.88. The van der Waals surface area contributed by atoms with Gasteiger partial charge in [-0.1, -0.05) is 29.8 Å². The minimum absolute atomic E-state index is 0.131. The topological polar surface area (TPSA) is 60.9 Å². The molecule has 0 saturated heterocycles. The summed E-state index contributed by atoms with van der Waals surface area (Å²) in [6.07, 6.45) is 0. The van der Waals surface area contributed by atoms with Crippen LogP contribution in [-0.2, 0) is 6.54 Å². The summed E-state index contributed by atoms with van der Waals surface area (Å²) >= 11 is 6.21. The van der Waals surface area contributed by atoms with Crippen LogP contribution in [0.15, 0.2) is 47.3 Å². The maximum Gasteiger partial charge on any atom is 0.272 e. The normalized spacial score (nSPS) is 11.0. The Kier molecular flexibility index (Phi) is 3.39. The lowest BCUT2D eigenvalue weighted by atomic mass is 10.1. The molecule has 5 heteroatoms. The van der Waals surface area contributed by atoms with E-state index in [0.29, 0.717) is 22.9 Å². The number of fused-ring (bicyclic) bond motifs is 1. The third-order valence-electron chi connectivity index (χ3n) is 3.49. The van der Waals surface area contributed by atoms with Crippen molar-refractivity contribution in [2.75, 3.05) is 5.73 Å². The van der Waals surface area contributed by atoms with Crippen molar-refractivity contribution in [3.8, 4) is 0 Å². The molecule has 0 unspecified atom stereocenters. The minimum atomic E-state index is -0.131. The van der Waals surface area contributed by atoms with Crippen molar-refractivity contribution in [3.05, 3.63) is 69.1 Å². The predicted octanol–water partition coefficient (Wildman–Crippen LogP) is 2.99. The second-order valence-corrected chi connectivity index (χ2v) is 5.29. The molecule has 3 aromatic rings. The number of anilines is 1. The number of halogens is 1. The van der Waals surface area contributed by atoms with Crippen LogP contribution in [0.2, 0.25) is 5.02 Å². The average Bonchev–Trinajstić information content (AvgIpc) is 2.46. The quantitative estimate of drug-likeness (QED) is 0.740. The molecular formula is C16H14ClN3O. The van der Waals surface area contributed by atoms with Crippen molar-refractivity contribution in [2.45, 2.75) is 13.5 Å². The molecule has 0 aliphatic heterocycles. The Morgan fingerprint density at radius 2 is 1.95 bits per heavy atom. The zero-order valence-corrected chi connectivity index (χ0v) is 12.3. The Balaban J connectivity index is 2.25. The van der Waals surface area contributed by atoms with Gasteiger partial charge in [0.15, 0.2) is 0 Å².